The van der Waals surface area contributed by atoms with E-state index in [9.17, 15) is 0 Å². The summed E-state index contributed by atoms with van der Waals surface area (Å²) in [4.78, 5) is 0. The summed E-state index contributed by atoms with van der Waals surface area (Å²) in [5.74, 6) is 0. The van der Waals surface area contributed by atoms with Crippen LogP contribution in [0.5, 0.6) is 0 Å². The molecular formula is C11H13N3. The Morgan fingerprint density at radius 1 is 1.14 bits per heavy atom. The van der Waals surface area contributed by atoms with E-state index >= 15 is 0 Å². The predicted octanol–water partition coefficient (Wildman–Crippen LogP) is 2.53. The molecule has 1 aromatic heterocycles. The highest BCUT2D eigenvalue weighted by Gasteiger charge is 2.04. The van der Waals surface area contributed by atoms with Crippen molar-refractivity contribution >= 4 is 0 Å². The largest absolute Gasteiger partial charge is 0.249 e. The molecule has 1 heterocycles. The number of hydrogen-bond donors (Lipinski definition) is 0. The van der Waals surface area contributed by atoms with Gasteiger partial charge in [0.25, 0.3) is 0 Å². The number of benzene rings is 1. The number of aromatic nitrogens is 3. The van der Waals surface area contributed by atoms with Gasteiger partial charge < -0.3 is 0 Å². The van der Waals surface area contributed by atoms with Crippen molar-refractivity contribution in [1.82, 2.24) is 15.0 Å². The molecule has 0 aliphatic heterocycles. The Morgan fingerprint density at radius 2 is 1.86 bits per heavy atom. The molecule has 0 spiro atoms. The normalized spacial score (nSPS) is 10.8. The van der Waals surface area contributed by atoms with Crippen LogP contribution in [0.3, 0.4) is 0 Å². The molecule has 0 amide bonds. The van der Waals surface area contributed by atoms with E-state index in [2.05, 4.69) is 24.2 Å². The van der Waals surface area contributed by atoms with Crippen LogP contribution in [-0.4, -0.2) is 15.0 Å². The fraction of sp³-hybridized carbons (Fsp3) is 0.273. The van der Waals surface area contributed by atoms with Crippen molar-refractivity contribution in [1.29, 1.82) is 0 Å². The lowest BCUT2D eigenvalue weighted by atomic mass is 10.2. The van der Waals surface area contributed by atoms with Crippen LogP contribution in [0.2, 0.25) is 0 Å². The Hall–Kier alpha value is -1.64. The molecule has 0 N–H and O–H groups in total. The van der Waals surface area contributed by atoms with Crippen LogP contribution in [0.25, 0.3) is 11.3 Å². The number of rotatable bonds is 2. The summed E-state index contributed by atoms with van der Waals surface area (Å²) in [6.07, 6.45) is 1.97. The van der Waals surface area contributed by atoms with Gasteiger partial charge in [-0.2, -0.15) is 0 Å². The predicted molar refractivity (Wildman–Crippen MR) is 55.8 cm³/mol. The minimum Gasteiger partial charge on any atom is -0.249 e. The first-order valence-electron chi connectivity index (χ1n) is 4.74. The second-order valence-corrected chi connectivity index (χ2v) is 3.54. The topological polar surface area (TPSA) is 30.7 Å². The summed E-state index contributed by atoms with van der Waals surface area (Å²) in [7, 11) is 0. The van der Waals surface area contributed by atoms with Crippen molar-refractivity contribution < 1.29 is 0 Å². The van der Waals surface area contributed by atoms with E-state index in [-0.39, 0.29) is 0 Å². The van der Waals surface area contributed by atoms with Gasteiger partial charge in [-0.15, -0.1) is 5.10 Å². The van der Waals surface area contributed by atoms with Crippen LogP contribution in [0.1, 0.15) is 19.9 Å². The molecule has 0 bridgehead atoms. The smallest absolute Gasteiger partial charge is 0.113 e. The molecule has 0 unspecified atom stereocenters. The lowest BCUT2D eigenvalue weighted by Crippen LogP contribution is -2.00. The van der Waals surface area contributed by atoms with Crippen LogP contribution in [0.15, 0.2) is 36.5 Å². The van der Waals surface area contributed by atoms with Gasteiger partial charge in [0.15, 0.2) is 0 Å². The fourth-order valence-electron chi connectivity index (χ4n) is 1.27. The van der Waals surface area contributed by atoms with E-state index in [1.54, 1.807) is 0 Å². The molecule has 0 saturated heterocycles. The zero-order valence-electron chi connectivity index (χ0n) is 8.38. The standard InChI is InChI=1S/C11H13N3/c1-9(2)14-8-11(12-13-14)10-6-4-3-5-7-10/h3-9H,1-2H3. The Morgan fingerprint density at radius 3 is 2.43 bits per heavy atom. The minimum atomic E-state index is 0.361. The van der Waals surface area contributed by atoms with Crippen molar-refractivity contribution in [3.8, 4) is 11.3 Å². The molecule has 0 radical (unpaired) electrons. The molecule has 72 valence electrons. The van der Waals surface area contributed by atoms with E-state index in [0.29, 0.717) is 6.04 Å². The zero-order valence-corrected chi connectivity index (χ0v) is 8.38. The first kappa shape index (κ1) is 8.94. The lowest BCUT2D eigenvalue weighted by molar-refractivity contribution is 0.514. The van der Waals surface area contributed by atoms with E-state index < -0.39 is 0 Å². The minimum absolute atomic E-state index is 0.361. The highest BCUT2D eigenvalue weighted by Crippen LogP contribution is 2.16. The molecule has 0 fully saturated rings. The van der Waals surface area contributed by atoms with Gasteiger partial charge in [-0.3, -0.25) is 0 Å². The van der Waals surface area contributed by atoms with Crippen LogP contribution in [0.4, 0.5) is 0 Å². The highest BCUT2D eigenvalue weighted by molar-refractivity contribution is 5.57. The summed E-state index contributed by atoms with van der Waals surface area (Å²) >= 11 is 0. The van der Waals surface area contributed by atoms with Gasteiger partial charge in [0.1, 0.15) is 5.69 Å². The Balaban J connectivity index is 2.34. The average molecular weight is 187 g/mol. The molecule has 3 heteroatoms. The molecular weight excluding hydrogens is 174 g/mol. The Kier molecular flexibility index (Phi) is 2.31. The van der Waals surface area contributed by atoms with Crippen molar-refractivity contribution in [2.75, 3.05) is 0 Å². The quantitative estimate of drug-likeness (QED) is 0.723. The summed E-state index contributed by atoms with van der Waals surface area (Å²) in [5, 5.41) is 8.18. The van der Waals surface area contributed by atoms with Crippen LogP contribution >= 0.6 is 0 Å². The SMILES string of the molecule is CC(C)n1cc(-c2ccccc2)nn1. The van der Waals surface area contributed by atoms with Gasteiger partial charge in [-0.05, 0) is 13.8 Å². The van der Waals surface area contributed by atoms with E-state index in [1.165, 1.54) is 0 Å². The highest BCUT2D eigenvalue weighted by atomic mass is 15.4. The van der Waals surface area contributed by atoms with E-state index in [4.69, 9.17) is 0 Å². The van der Waals surface area contributed by atoms with Gasteiger partial charge in [0.2, 0.25) is 0 Å². The summed E-state index contributed by atoms with van der Waals surface area (Å²) < 4.78 is 1.86. The van der Waals surface area contributed by atoms with E-state index in [0.717, 1.165) is 11.3 Å². The monoisotopic (exact) mass is 187 g/mol. The van der Waals surface area contributed by atoms with E-state index in [1.807, 2.05) is 41.2 Å². The first-order valence-corrected chi connectivity index (χ1v) is 4.74. The maximum Gasteiger partial charge on any atom is 0.113 e. The van der Waals surface area contributed by atoms with Crippen molar-refractivity contribution in [3.63, 3.8) is 0 Å². The number of nitrogens with zero attached hydrogens (tertiary/aromatic N) is 3. The van der Waals surface area contributed by atoms with Crippen LogP contribution < -0.4 is 0 Å². The summed E-state index contributed by atoms with van der Waals surface area (Å²) in [6.45, 7) is 4.17. The molecule has 14 heavy (non-hydrogen) atoms. The van der Waals surface area contributed by atoms with Crippen molar-refractivity contribution in [3.05, 3.63) is 36.5 Å². The third-order valence-electron chi connectivity index (χ3n) is 2.11. The van der Waals surface area contributed by atoms with Gasteiger partial charge >= 0.3 is 0 Å². The zero-order chi connectivity index (χ0) is 9.97. The van der Waals surface area contributed by atoms with Gasteiger partial charge in [-0.1, -0.05) is 35.5 Å². The van der Waals surface area contributed by atoms with Crippen molar-refractivity contribution in [2.24, 2.45) is 0 Å². The first-order chi connectivity index (χ1) is 6.77. The van der Waals surface area contributed by atoms with Gasteiger partial charge in [0.05, 0.1) is 6.20 Å². The second-order valence-electron chi connectivity index (χ2n) is 3.54. The summed E-state index contributed by atoms with van der Waals surface area (Å²) in [5.41, 5.74) is 2.04. The second kappa shape index (κ2) is 3.62. The molecule has 0 aliphatic rings. The van der Waals surface area contributed by atoms with Crippen LogP contribution in [0, 0.1) is 0 Å². The molecule has 0 saturated carbocycles. The van der Waals surface area contributed by atoms with Gasteiger partial charge in [-0.25, -0.2) is 4.68 Å². The lowest BCUT2D eigenvalue weighted by Gasteiger charge is -2.00. The van der Waals surface area contributed by atoms with Crippen LogP contribution in [-0.2, 0) is 0 Å². The maximum absolute atomic E-state index is 4.12. The number of hydrogen-bond acceptors (Lipinski definition) is 2. The molecule has 2 rings (SSSR count). The molecule has 0 aliphatic carbocycles. The average Bonchev–Trinajstić information content (AvgIpc) is 2.68. The molecule has 2 aromatic rings. The summed E-state index contributed by atoms with van der Waals surface area (Å²) in [6, 6.07) is 10.4. The molecule has 0 atom stereocenters. The maximum atomic E-state index is 4.12. The van der Waals surface area contributed by atoms with Crippen molar-refractivity contribution in [2.45, 2.75) is 19.9 Å². The third-order valence-corrected chi connectivity index (χ3v) is 2.11. The Bertz CT molecular complexity index is 403. The molecule has 3 nitrogen and oxygen atoms in total. The molecule has 1 aromatic carbocycles. The van der Waals surface area contributed by atoms with Gasteiger partial charge in [0, 0.05) is 11.6 Å². The Labute approximate surface area is 83.4 Å². The fourth-order valence-corrected chi connectivity index (χ4v) is 1.27. The third kappa shape index (κ3) is 1.66.